The van der Waals surface area contributed by atoms with E-state index in [0.29, 0.717) is 19.6 Å². The molecule has 3 saturated heterocycles. The van der Waals surface area contributed by atoms with Crippen molar-refractivity contribution in [3.63, 3.8) is 0 Å². The van der Waals surface area contributed by atoms with E-state index >= 15 is 0 Å². The van der Waals surface area contributed by atoms with Gasteiger partial charge >= 0.3 is 0 Å². The van der Waals surface area contributed by atoms with Crippen molar-refractivity contribution in [2.45, 2.75) is 46.2 Å². The highest BCUT2D eigenvalue weighted by molar-refractivity contribution is 7.13. The smallest absolute Gasteiger partial charge is 0.264 e. The zero-order valence-corrected chi connectivity index (χ0v) is 16.1. The first-order valence-electron chi connectivity index (χ1n) is 9.02. The van der Waals surface area contributed by atoms with E-state index in [0.717, 1.165) is 39.6 Å². The van der Waals surface area contributed by atoms with Crippen LogP contribution in [0.5, 0.6) is 0 Å². The van der Waals surface area contributed by atoms with E-state index in [1.165, 1.54) is 11.3 Å². The highest BCUT2D eigenvalue weighted by Gasteiger charge is 2.42. The third-order valence-electron chi connectivity index (χ3n) is 5.54. The van der Waals surface area contributed by atoms with E-state index in [2.05, 4.69) is 5.16 Å². The summed E-state index contributed by atoms with van der Waals surface area (Å²) in [5, 5.41) is 4.00. The lowest BCUT2D eigenvalue weighted by Gasteiger charge is -2.35. The fraction of sp³-hybridized carbons (Fsp3) is 0.526. The molecule has 2 bridgehead atoms. The van der Waals surface area contributed by atoms with Crippen LogP contribution in [-0.4, -0.2) is 45.9 Å². The van der Waals surface area contributed by atoms with Crippen LogP contribution in [0.1, 0.15) is 44.4 Å². The number of hydrogen-bond acceptors (Lipinski definition) is 5. The zero-order chi connectivity index (χ0) is 18.4. The van der Waals surface area contributed by atoms with E-state index in [-0.39, 0.29) is 23.8 Å². The fourth-order valence-corrected chi connectivity index (χ4v) is 4.85. The van der Waals surface area contributed by atoms with Crippen molar-refractivity contribution in [2.75, 3.05) is 13.1 Å². The normalized spacial score (nSPS) is 22.8. The molecule has 26 heavy (non-hydrogen) atoms. The molecule has 138 valence electrons. The number of nitrogens with zero attached hydrogens (tertiary/aromatic N) is 3. The van der Waals surface area contributed by atoms with Crippen LogP contribution in [-0.2, 0) is 11.3 Å². The number of thiophene rings is 1. The van der Waals surface area contributed by atoms with Crippen molar-refractivity contribution in [3.05, 3.63) is 38.9 Å². The maximum Gasteiger partial charge on any atom is 0.264 e. The van der Waals surface area contributed by atoms with Gasteiger partial charge in [-0.3, -0.25) is 9.59 Å². The molecule has 2 aromatic heterocycles. The van der Waals surface area contributed by atoms with Gasteiger partial charge in [0.15, 0.2) is 0 Å². The Morgan fingerprint density at radius 1 is 1.27 bits per heavy atom. The van der Waals surface area contributed by atoms with Gasteiger partial charge in [-0.15, -0.1) is 11.3 Å². The van der Waals surface area contributed by atoms with Crippen molar-refractivity contribution in [1.29, 1.82) is 0 Å². The van der Waals surface area contributed by atoms with Crippen LogP contribution in [0.15, 0.2) is 16.7 Å². The number of rotatable bonds is 3. The van der Waals surface area contributed by atoms with E-state index in [1.807, 2.05) is 42.7 Å². The summed E-state index contributed by atoms with van der Waals surface area (Å²) in [5.74, 6) is 0.850. The second kappa shape index (κ2) is 6.54. The van der Waals surface area contributed by atoms with Crippen molar-refractivity contribution >= 4 is 23.2 Å². The van der Waals surface area contributed by atoms with E-state index in [1.54, 1.807) is 0 Å². The second-order valence-corrected chi connectivity index (χ2v) is 8.61. The fourth-order valence-electron chi connectivity index (χ4n) is 4.02. The number of piperidine rings is 1. The molecular weight excluding hydrogens is 350 g/mol. The third-order valence-corrected chi connectivity index (χ3v) is 6.53. The van der Waals surface area contributed by atoms with Gasteiger partial charge < -0.3 is 14.3 Å². The first-order valence-corrected chi connectivity index (χ1v) is 9.83. The van der Waals surface area contributed by atoms with Crippen LogP contribution in [0, 0.1) is 26.7 Å². The number of aryl methyl sites for hydroxylation is 3. The molecule has 5 rings (SSSR count). The minimum atomic E-state index is -0.112. The van der Waals surface area contributed by atoms with Crippen molar-refractivity contribution < 1.29 is 14.1 Å². The van der Waals surface area contributed by atoms with Crippen LogP contribution >= 0.6 is 11.3 Å². The first kappa shape index (κ1) is 17.3. The molecule has 0 radical (unpaired) electrons. The summed E-state index contributed by atoms with van der Waals surface area (Å²) in [7, 11) is 0. The van der Waals surface area contributed by atoms with Crippen LogP contribution < -0.4 is 0 Å². The predicted octanol–water partition coefficient (Wildman–Crippen LogP) is 2.92. The van der Waals surface area contributed by atoms with Crippen LogP contribution in [0.25, 0.3) is 0 Å². The molecule has 0 unspecified atom stereocenters. The molecule has 2 aromatic rings. The zero-order valence-electron chi connectivity index (χ0n) is 15.3. The van der Waals surface area contributed by atoms with Crippen LogP contribution in [0.3, 0.4) is 0 Å². The summed E-state index contributed by atoms with van der Waals surface area (Å²) in [6, 6.07) is 3.91. The van der Waals surface area contributed by atoms with Gasteiger partial charge in [-0.25, -0.2) is 0 Å². The molecule has 0 saturated carbocycles. The van der Waals surface area contributed by atoms with Gasteiger partial charge in [-0.2, -0.15) is 0 Å². The summed E-state index contributed by atoms with van der Waals surface area (Å²) >= 11 is 1.52. The summed E-state index contributed by atoms with van der Waals surface area (Å²) in [5.41, 5.74) is 1.81. The lowest BCUT2D eigenvalue weighted by atomic mass is 9.93. The van der Waals surface area contributed by atoms with Gasteiger partial charge in [-0.05, 0) is 45.7 Å². The Labute approximate surface area is 156 Å². The molecule has 0 aromatic carbocycles. The molecule has 0 spiro atoms. The molecule has 5 heterocycles. The summed E-state index contributed by atoms with van der Waals surface area (Å²) < 4.78 is 5.25. The summed E-state index contributed by atoms with van der Waals surface area (Å²) in [4.78, 5) is 31.6. The number of amides is 2. The lowest BCUT2D eigenvalue weighted by molar-refractivity contribution is -0.140. The van der Waals surface area contributed by atoms with E-state index in [4.69, 9.17) is 4.52 Å². The first-order chi connectivity index (χ1) is 12.4. The summed E-state index contributed by atoms with van der Waals surface area (Å²) in [6.45, 7) is 7.42. The molecular formula is C19H23N3O3S. The molecule has 0 N–H and O–H groups in total. The Bertz CT molecular complexity index is 837. The van der Waals surface area contributed by atoms with Gasteiger partial charge in [0.1, 0.15) is 5.76 Å². The third kappa shape index (κ3) is 2.94. The standard InChI is InChI=1S/C19H23N3O3S/c1-11-4-7-17(26-11)19(24)21-8-14-5-6-15(9-21)22(18(14)23)10-16-12(2)20-25-13(16)3/h4,7,14-15H,5-6,8-10H2,1-3H3/t14-,15+/m0/s1. The quantitative estimate of drug-likeness (QED) is 0.830. The maximum atomic E-state index is 13.0. The minimum Gasteiger partial charge on any atom is -0.361 e. The molecule has 3 aliphatic rings. The van der Waals surface area contributed by atoms with Gasteiger partial charge in [-0.1, -0.05) is 5.16 Å². The van der Waals surface area contributed by atoms with Crippen molar-refractivity contribution in [3.8, 4) is 0 Å². The minimum absolute atomic E-state index is 0.0481. The van der Waals surface area contributed by atoms with Crippen LogP contribution in [0.4, 0.5) is 0 Å². The molecule has 3 aliphatic heterocycles. The Kier molecular flexibility index (Phi) is 4.34. The van der Waals surface area contributed by atoms with Crippen LogP contribution in [0.2, 0.25) is 0 Å². The van der Waals surface area contributed by atoms with Gasteiger partial charge in [0.2, 0.25) is 5.91 Å². The average molecular weight is 373 g/mol. The second-order valence-electron chi connectivity index (χ2n) is 7.32. The largest absolute Gasteiger partial charge is 0.361 e. The molecule has 2 amide bonds. The number of aromatic nitrogens is 1. The van der Waals surface area contributed by atoms with E-state index < -0.39 is 0 Å². The topological polar surface area (TPSA) is 66.7 Å². The Morgan fingerprint density at radius 3 is 2.73 bits per heavy atom. The molecule has 0 aliphatic carbocycles. The van der Waals surface area contributed by atoms with Crippen molar-refractivity contribution in [2.24, 2.45) is 5.92 Å². The Morgan fingerprint density at radius 2 is 2.08 bits per heavy atom. The highest BCUT2D eigenvalue weighted by atomic mass is 32.1. The lowest BCUT2D eigenvalue weighted by Crippen LogP contribution is -2.47. The van der Waals surface area contributed by atoms with Gasteiger partial charge in [0.25, 0.3) is 5.91 Å². The number of hydrogen-bond donors (Lipinski definition) is 0. The Balaban J connectivity index is 1.57. The molecule has 6 nitrogen and oxygen atoms in total. The molecule has 7 heteroatoms. The van der Waals surface area contributed by atoms with Gasteiger partial charge in [0.05, 0.1) is 23.0 Å². The molecule has 3 fully saturated rings. The number of carbonyl (C=O) groups excluding carboxylic acids is 2. The number of fused-ring (bicyclic) bond motifs is 4. The predicted molar refractivity (Wildman–Crippen MR) is 98.0 cm³/mol. The summed E-state index contributed by atoms with van der Waals surface area (Å²) in [6.07, 6.45) is 1.79. The maximum absolute atomic E-state index is 13.0. The molecule has 2 atom stereocenters. The highest BCUT2D eigenvalue weighted by Crippen LogP contribution is 2.32. The average Bonchev–Trinajstić information content (AvgIpc) is 3.06. The Hall–Kier alpha value is -2.15. The monoisotopic (exact) mass is 373 g/mol. The number of carbonyl (C=O) groups is 2. The van der Waals surface area contributed by atoms with Crippen molar-refractivity contribution in [1.82, 2.24) is 15.0 Å². The SMILES string of the molecule is Cc1ccc(C(=O)N2C[C@@H]3CC[C@H](C2)N(Cc2c(C)noc2C)C3=O)s1. The van der Waals surface area contributed by atoms with Gasteiger partial charge in [0, 0.05) is 29.6 Å². The van der Waals surface area contributed by atoms with E-state index in [9.17, 15) is 9.59 Å².